The topological polar surface area (TPSA) is 122 Å². The van der Waals surface area contributed by atoms with Crippen molar-refractivity contribution in [3.8, 4) is 0 Å². The van der Waals surface area contributed by atoms with E-state index in [1.807, 2.05) is 0 Å². The van der Waals surface area contributed by atoms with Crippen LogP contribution in [0.5, 0.6) is 0 Å². The fraction of sp³-hybridized carbons (Fsp3) is 0.875. The number of aliphatic hydroxyl groups is 3. The van der Waals surface area contributed by atoms with Gasteiger partial charge < -0.3 is 30.5 Å². The lowest BCUT2D eigenvalue weighted by Gasteiger charge is -2.39. The molecule has 1 fully saturated rings. The van der Waals surface area contributed by atoms with E-state index in [1.165, 1.54) is 6.92 Å². The number of hydrogen-bond donors (Lipinski definition) is 4. The number of carbonyl (C=O) groups excluding carboxylic acids is 1. The van der Waals surface area contributed by atoms with E-state index in [0.717, 1.165) is 0 Å². The number of halogens is 1. The summed E-state index contributed by atoms with van der Waals surface area (Å²) in [7, 11) is 0. The molecule has 0 spiro atoms. The zero-order chi connectivity index (χ0) is 11.6. The molecule has 0 amide bonds. The van der Waals surface area contributed by atoms with E-state index < -0.39 is 43.2 Å². The van der Waals surface area contributed by atoms with Gasteiger partial charge in [-0.3, -0.25) is 4.79 Å². The minimum absolute atomic E-state index is 0. The summed E-state index contributed by atoms with van der Waals surface area (Å²) >= 11 is 0. The molecular formula is C8H16ClNO6. The van der Waals surface area contributed by atoms with E-state index in [4.69, 9.17) is 15.6 Å². The zero-order valence-corrected chi connectivity index (χ0v) is 9.46. The van der Waals surface area contributed by atoms with Gasteiger partial charge in [-0.1, -0.05) is 0 Å². The molecule has 5 N–H and O–H groups in total. The standard InChI is InChI=1S/C8H15NO6.ClH/c1-3(11)14-8-5(9)7(13)6(12)4(2-10)15-8;/h4-8,10,12-13H,2,9H2,1H3;1H/t4-,5-,6-,7-,8?;/m1./s1. The van der Waals surface area contributed by atoms with Crippen molar-refractivity contribution in [2.24, 2.45) is 5.73 Å². The Balaban J connectivity index is 0.00000225. The first-order chi connectivity index (χ1) is 6.97. The third-order valence-corrected chi connectivity index (χ3v) is 2.21. The third-order valence-electron chi connectivity index (χ3n) is 2.21. The molecular weight excluding hydrogens is 242 g/mol. The second-order valence-electron chi connectivity index (χ2n) is 3.39. The summed E-state index contributed by atoms with van der Waals surface area (Å²) in [6.07, 6.45) is -4.76. The first-order valence-corrected chi connectivity index (χ1v) is 4.52. The Morgan fingerprint density at radius 1 is 1.44 bits per heavy atom. The summed E-state index contributed by atoms with van der Waals surface area (Å²) < 4.78 is 9.70. The number of carbonyl (C=O) groups is 1. The lowest BCUT2D eigenvalue weighted by Crippen LogP contribution is -2.62. The molecule has 96 valence electrons. The van der Waals surface area contributed by atoms with Crippen LogP contribution in [0, 0.1) is 0 Å². The maximum absolute atomic E-state index is 10.7. The molecule has 0 saturated carbocycles. The molecule has 8 heteroatoms. The summed E-state index contributed by atoms with van der Waals surface area (Å²) in [6, 6.07) is -1.04. The van der Waals surface area contributed by atoms with E-state index >= 15 is 0 Å². The van der Waals surface area contributed by atoms with Crippen LogP contribution in [0.3, 0.4) is 0 Å². The second kappa shape index (κ2) is 6.33. The van der Waals surface area contributed by atoms with Crippen LogP contribution in [0.15, 0.2) is 0 Å². The monoisotopic (exact) mass is 257 g/mol. The lowest BCUT2D eigenvalue weighted by molar-refractivity contribution is -0.258. The molecule has 7 nitrogen and oxygen atoms in total. The maximum Gasteiger partial charge on any atom is 0.304 e. The van der Waals surface area contributed by atoms with Crippen molar-refractivity contribution in [1.29, 1.82) is 0 Å². The van der Waals surface area contributed by atoms with Crippen LogP contribution in [0.1, 0.15) is 6.92 Å². The SMILES string of the molecule is CC(=O)OC1O[C@H](CO)[C@@H](O)[C@H](O)[C@H]1N.Cl. The molecule has 0 aliphatic carbocycles. The van der Waals surface area contributed by atoms with Gasteiger partial charge in [0.2, 0.25) is 6.29 Å². The molecule has 1 aliphatic rings. The van der Waals surface area contributed by atoms with Gasteiger partial charge in [-0.15, -0.1) is 12.4 Å². The molecule has 0 aromatic rings. The summed E-state index contributed by atoms with van der Waals surface area (Å²) in [5.74, 6) is -0.615. The van der Waals surface area contributed by atoms with Gasteiger partial charge in [0.1, 0.15) is 18.3 Å². The lowest BCUT2D eigenvalue weighted by atomic mass is 9.98. The number of ether oxygens (including phenoxy) is 2. The van der Waals surface area contributed by atoms with E-state index in [2.05, 4.69) is 4.74 Å². The zero-order valence-electron chi connectivity index (χ0n) is 8.65. The highest BCUT2D eigenvalue weighted by atomic mass is 35.5. The number of esters is 1. The van der Waals surface area contributed by atoms with E-state index in [1.54, 1.807) is 0 Å². The van der Waals surface area contributed by atoms with Crippen LogP contribution in [-0.2, 0) is 14.3 Å². The number of aliphatic hydroxyl groups excluding tert-OH is 3. The fourth-order valence-corrected chi connectivity index (χ4v) is 1.37. The van der Waals surface area contributed by atoms with Crippen LogP contribution in [0.4, 0.5) is 0 Å². The summed E-state index contributed by atoms with van der Waals surface area (Å²) in [5.41, 5.74) is 5.48. The van der Waals surface area contributed by atoms with Crippen molar-refractivity contribution in [1.82, 2.24) is 0 Å². The summed E-state index contributed by atoms with van der Waals surface area (Å²) in [5, 5.41) is 27.7. The van der Waals surface area contributed by atoms with Crippen molar-refractivity contribution >= 4 is 18.4 Å². The largest absolute Gasteiger partial charge is 0.434 e. The van der Waals surface area contributed by atoms with Gasteiger partial charge in [-0.2, -0.15) is 0 Å². The first-order valence-electron chi connectivity index (χ1n) is 4.52. The first kappa shape index (κ1) is 15.6. The molecule has 1 saturated heterocycles. The second-order valence-corrected chi connectivity index (χ2v) is 3.39. The minimum atomic E-state index is -1.31. The Kier molecular flexibility index (Phi) is 6.16. The van der Waals surface area contributed by atoms with Crippen molar-refractivity contribution in [3.63, 3.8) is 0 Å². The van der Waals surface area contributed by atoms with Gasteiger partial charge in [0, 0.05) is 6.92 Å². The van der Waals surface area contributed by atoms with Crippen LogP contribution >= 0.6 is 12.4 Å². The number of hydrogen-bond acceptors (Lipinski definition) is 7. The molecule has 0 bridgehead atoms. The van der Waals surface area contributed by atoms with Gasteiger partial charge in [0.05, 0.1) is 12.6 Å². The van der Waals surface area contributed by atoms with Crippen LogP contribution < -0.4 is 5.73 Å². The Morgan fingerprint density at radius 3 is 2.44 bits per heavy atom. The van der Waals surface area contributed by atoms with Gasteiger partial charge in [0.15, 0.2) is 0 Å². The van der Waals surface area contributed by atoms with Crippen molar-refractivity contribution in [2.75, 3.05) is 6.61 Å². The normalized spacial score (nSPS) is 38.7. The molecule has 1 unspecified atom stereocenters. The summed E-state index contributed by atoms with van der Waals surface area (Å²) in [6.45, 7) is 0.671. The highest BCUT2D eigenvalue weighted by Gasteiger charge is 2.43. The van der Waals surface area contributed by atoms with Crippen LogP contribution in [-0.4, -0.2) is 58.5 Å². The minimum Gasteiger partial charge on any atom is -0.434 e. The summed E-state index contributed by atoms with van der Waals surface area (Å²) in [4.78, 5) is 10.7. The van der Waals surface area contributed by atoms with Crippen molar-refractivity contribution in [2.45, 2.75) is 37.6 Å². The molecule has 0 radical (unpaired) electrons. The molecule has 0 aromatic heterocycles. The van der Waals surface area contributed by atoms with Gasteiger partial charge in [0.25, 0.3) is 0 Å². The predicted octanol–water partition coefficient (Wildman–Crippen LogP) is -2.26. The van der Waals surface area contributed by atoms with Crippen LogP contribution in [0.25, 0.3) is 0 Å². The maximum atomic E-state index is 10.7. The van der Waals surface area contributed by atoms with Gasteiger partial charge in [-0.05, 0) is 0 Å². The molecule has 5 atom stereocenters. The van der Waals surface area contributed by atoms with Gasteiger partial charge in [-0.25, -0.2) is 0 Å². The molecule has 1 rings (SSSR count). The Bertz CT molecular complexity index is 239. The molecule has 0 aromatic carbocycles. The quantitative estimate of drug-likeness (QED) is 0.412. The molecule has 16 heavy (non-hydrogen) atoms. The average Bonchev–Trinajstić information content (AvgIpc) is 2.18. The van der Waals surface area contributed by atoms with E-state index in [-0.39, 0.29) is 12.4 Å². The average molecular weight is 258 g/mol. The Hall–Kier alpha value is -0.440. The Labute approximate surface area is 98.6 Å². The number of rotatable bonds is 2. The third kappa shape index (κ3) is 3.27. The molecule has 1 aliphatic heterocycles. The predicted molar refractivity (Wildman–Crippen MR) is 54.7 cm³/mol. The smallest absolute Gasteiger partial charge is 0.304 e. The fourth-order valence-electron chi connectivity index (χ4n) is 1.37. The van der Waals surface area contributed by atoms with Crippen molar-refractivity contribution in [3.05, 3.63) is 0 Å². The van der Waals surface area contributed by atoms with E-state index in [0.29, 0.717) is 0 Å². The highest BCUT2D eigenvalue weighted by molar-refractivity contribution is 5.85. The Morgan fingerprint density at radius 2 is 2.00 bits per heavy atom. The van der Waals surface area contributed by atoms with Crippen molar-refractivity contribution < 1.29 is 29.6 Å². The molecule has 1 heterocycles. The van der Waals surface area contributed by atoms with E-state index in [9.17, 15) is 15.0 Å². The number of nitrogens with two attached hydrogens (primary N) is 1. The van der Waals surface area contributed by atoms with Gasteiger partial charge >= 0.3 is 5.97 Å². The highest BCUT2D eigenvalue weighted by Crippen LogP contribution is 2.20. The van der Waals surface area contributed by atoms with Crippen LogP contribution in [0.2, 0.25) is 0 Å².